The van der Waals surface area contributed by atoms with Gasteiger partial charge in [0, 0.05) is 10.9 Å². The molecule has 2 rings (SSSR count). The van der Waals surface area contributed by atoms with E-state index in [1.165, 1.54) is 11.3 Å². The second kappa shape index (κ2) is 3.89. The van der Waals surface area contributed by atoms with Crippen molar-refractivity contribution in [2.24, 2.45) is 5.73 Å². The molecule has 2 N–H and O–H groups in total. The highest BCUT2D eigenvalue weighted by Gasteiger charge is 2.40. The van der Waals surface area contributed by atoms with Crippen molar-refractivity contribution in [2.75, 3.05) is 0 Å². The van der Waals surface area contributed by atoms with E-state index < -0.39 is 11.0 Å². The van der Waals surface area contributed by atoms with Crippen LogP contribution < -0.4 is 5.73 Å². The van der Waals surface area contributed by atoms with Crippen LogP contribution in [0.15, 0.2) is 15.4 Å². The first-order valence-corrected chi connectivity index (χ1v) is 6.28. The van der Waals surface area contributed by atoms with Crippen molar-refractivity contribution in [2.45, 2.75) is 38.6 Å². The molecule has 0 saturated heterocycles. The van der Waals surface area contributed by atoms with E-state index in [1.807, 2.05) is 33.1 Å². The summed E-state index contributed by atoms with van der Waals surface area (Å²) < 4.78 is 5.30. The van der Waals surface area contributed by atoms with E-state index in [-0.39, 0.29) is 0 Å². The minimum atomic E-state index is -0.446. The molecule has 0 fully saturated rings. The Kier molecular flexibility index (Phi) is 2.79. The van der Waals surface area contributed by atoms with Crippen LogP contribution in [-0.2, 0) is 5.41 Å². The van der Waals surface area contributed by atoms with Crippen LogP contribution in [0, 0.1) is 0 Å². The van der Waals surface area contributed by atoms with Gasteiger partial charge < -0.3 is 10.3 Å². The molecule has 0 atom stereocenters. The second-order valence-corrected chi connectivity index (χ2v) is 5.86. The van der Waals surface area contributed by atoms with E-state index in [2.05, 4.69) is 15.1 Å². The van der Waals surface area contributed by atoms with E-state index in [0.717, 1.165) is 5.69 Å². The molecular weight excluding hydrogens is 236 g/mol. The third-order valence-corrected chi connectivity index (χ3v) is 3.82. The molecule has 0 aliphatic rings. The first-order chi connectivity index (χ1) is 7.82. The lowest BCUT2D eigenvalue weighted by Gasteiger charge is -2.34. The number of rotatable bonds is 3. The molecular formula is C11H16N4OS. The molecule has 0 saturated carbocycles. The molecule has 0 aliphatic heterocycles. The van der Waals surface area contributed by atoms with Crippen LogP contribution in [0.25, 0.3) is 11.5 Å². The highest BCUT2D eigenvalue weighted by atomic mass is 32.1. The predicted octanol–water partition coefficient (Wildman–Crippen LogP) is 2.21. The maximum Gasteiger partial charge on any atom is 0.234 e. The van der Waals surface area contributed by atoms with Crippen molar-refractivity contribution < 1.29 is 4.52 Å². The molecule has 0 aromatic carbocycles. The van der Waals surface area contributed by atoms with Crippen molar-refractivity contribution >= 4 is 11.3 Å². The number of hydrogen-bond acceptors (Lipinski definition) is 6. The molecule has 6 heteroatoms. The van der Waals surface area contributed by atoms with Gasteiger partial charge >= 0.3 is 0 Å². The molecule has 0 amide bonds. The molecule has 5 nitrogen and oxygen atoms in total. The minimum Gasteiger partial charge on any atom is -0.338 e. The monoisotopic (exact) mass is 252 g/mol. The van der Waals surface area contributed by atoms with Gasteiger partial charge in [-0.05, 0) is 27.7 Å². The first kappa shape index (κ1) is 12.2. The highest BCUT2D eigenvalue weighted by molar-refractivity contribution is 7.07. The zero-order valence-corrected chi connectivity index (χ0v) is 11.2. The zero-order chi connectivity index (χ0) is 12.7. The second-order valence-electron chi connectivity index (χ2n) is 5.14. The summed E-state index contributed by atoms with van der Waals surface area (Å²) >= 11 is 1.50. The third kappa shape index (κ3) is 2.10. The summed E-state index contributed by atoms with van der Waals surface area (Å²) in [6.07, 6.45) is 0. The predicted molar refractivity (Wildman–Crippen MR) is 66.7 cm³/mol. The molecule has 92 valence electrons. The Morgan fingerprint density at radius 2 is 2.00 bits per heavy atom. The SMILES string of the molecule is CC(C)(N)C(C)(C)c1nc(-c2cscn2)no1. The smallest absolute Gasteiger partial charge is 0.234 e. The normalized spacial score (nSPS) is 13.0. The van der Waals surface area contributed by atoms with Crippen molar-refractivity contribution in [3.8, 4) is 11.5 Å². The molecule has 0 radical (unpaired) electrons. The van der Waals surface area contributed by atoms with Gasteiger partial charge in [-0.25, -0.2) is 4.98 Å². The average Bonchev–Trinajstić information content (AvgIpc) is 2.87. The third-order valence-electron chi connectivity index (χ3n) is 3.23. The van der Waals surface area contributed by atoms with Crippen LogP contribution in [0.2, 0.25) is 0 Å². The largest absolute Gasteiger partial charge is 0.338 e. The molecule has 0 aliphatic carbocycles. The summed E-state index contributed by atoms with van der Waals surface area (Å²) in [6, 6.07) is 0. The Labute approximate surface area is 104 Å². The Morgan fingerprint density at radius 3 is 2.53 bits per heavy atom. The standard InChI is InChI=1S/C11H16N4OS/c1-10(2,11(3,4)12)9-14-8(15-16-9)7-5-17-6-13-7/h5-6H,12H2,1-4H3. The zero-order valence-electron chi connectivity index (χ0n) is 10.4. The molecule has 17 heavy (non-hydrogen) atoms. The fourth-order valence-electron chi connectivity index (χ4n) is 1.18. The van der Waals surface area contributed by atoms with Crippen LogP contribution in [0.3, 0.4) is 0 Å². The Hall–Kier alpha value is -1.27. The minimum absolute atomic E-state index is 0.395. The van der Waals surface area contributed by atoms with Gasteiger partial charge in [0.05, 0.1) is 10.9 Å². The van der Waals surface area contributed by atoms with Gasteiger partial charge in [0.2, 0.25) is 11.7 Å². The van der Waals surface area contributed by atoms with Gasteiger partial charge in [-0.2, -0.15) is 4.98 Å². The molecule has 0 unspecified atom stereocenters. The summed E-state index contributed by atoms with van der Waals surface area (Å²) in [7, 11) is 0. The van der Waals surface area contributed by atoms with Crippen LogP contribution in [0.5, 0.6) is 0 Å². The number of hydrogen-bond donors (Lipinski definition) is 1. The number of nitrogens with two attached hydrogens (primary N) is 1. The van der Waals surface area contributed by atoms with Crippen molar-refractivity contribution in [1.29, 1.82) is 0 Å². The maximum atomic E-state index is 6.13. The number of thiazole rings is 1. The van der Waals surface area contributed by atoms with Crippen LogP contribution in [0.1, 0.15) is 33.6 Å². The Morgan fingerprint density at radius 1 is 1.29 bits per heavy atom. The lowest BCUT2D eigenvalue weighted by Crippen LogP contribution is -2.50. The first-order valence-electron chi connectivity index (χ1n) is 5.34. The van der Waals surface area contributed by atoms with E-state index in [9.17, 15) is 0 Å². The summed E-state index contributed by atoms with van der Waals surface area (Å²) in [6.45, 7) is 7.87. The van der Waals surface area contributed by atoms with Gasteiger partial charge in [-0.15, -0.1) is 11.3 Å². The fraction of sp³-hybridized carbons (Fsp3) is 0.545. The summed E-state index contributed by atoms with van der Waals surface area (Å²) in [4.78, 5) is 8.52. The van der Waals surface area contributed by atoms with Crippen LogP contribution in [0.4, 0.5) is 0 Å². The molecule has 2 aromatic heterocycles. The van der Waals surface area contributed by atoms with E-state index >= 15 is 0 Å². The molecule has 2 heterocycles. The Balaban J connectivity index is 2.37. The van der Waals surface area contributed by atoms with Gasteiger partial charge in [0.25, 0.3) is 0 Å². The fourth-order valence-corrected chi connectivity index (χ4v) is 1.71. The topological polar surface area (TPSA) is 77.8 Å². The highest BCUT2D eigenvalue weighted by Crippen LogP contribution is 2.32. The van der Waals surface area contributed by atoms with Gasteiger partial charge in [0.1, 0.15) is 5.69 Å². The van der Waals surface area contributed by atoms with Crippen molar-refractivity contribution in [1.82, 2.24) is 15.1 Å². The van der Waals surface area contributed by atoms with Crippen molar-refractivity contribution in [3.05, 3.63) is 16.8 Å². The molecule has 2 aromatic rings. The van der Waals surface area contributed by atoms with Crippen LogP contribution in [-0.4, -0.2) is 20.7 Å². The van der Waals surface area contributed by atoms with Gasteiger partial charge in [-0.1, -0.05) is 5.16 Å². The van der Waals surface area contributed by atoms with Gasteiger partial charge in [-0.3, -0.25) is 0 Å². The summed E-state index contributed by atoms with van der Waals surface area (Å²) in [5, 5.41) is 5.83. The molecule has 0 bridgehead atoms. The number of aromatic nitrogens is 3. The van der Waals surface area contributed by atoms with E-state index in [1.54, 1.807) is 5.51 Å². The van der Waals surface area contributed by atoms with Crippen LogP contribution >= 0.6 is 11.3 Å². The average molecular weight is 252 g/mol. The summed E-state index contributed by atoms with van der Waals surface area (Å²) in [5.74, 6) is 1.05. The van der Waals surface area contributed by atoms with E-state index in [0.29, 0.717) is 11.7 Å². The van der Waals surface area contributed by atoms with Crippen molar-refractivity contribution in [3.63, 3.8) is 0 Å². The van der Waals surface area contributed by atoms with Gasteiger partial charge in [0.15, 0.2) is 0 Å². The quantitative estimate of drug-likeness (QED) is 0.906. The van der Waals surface area contributed by atoms with E-state index in [4.69, 9.17) is 10.3 Å². The lowest BCUT2D eigenvalue weighted by molar-refractivity contribution is 0.223. The number of nitrogens with zero attached hydrogens (tertiary/aromatic N) is 3. The molecule has 0 spiro atoms. The lowest BCUT2D eigenvalue weighted by atomic mass is 9.75. The Bertz CT molecular complexity index is 496. The summed E-state index contributed by atoms with van der Waals surface area (Å²) in [5.41, 5.74) is 7.76. The maximum absolute atomic E-state index is 6.13.